The predicted octanol–water partition coefficient (Wildman–Crippen LogP) is 4.35. The minimum Gasteiger partial charge on any atom is -0.303 e. The number of hydrogen-bond acceptors (Lipinski definition) is 1. The van der Waals surface area contributed by atoms with Crippen LogP contribution in [0.3, 0.4) is 0 Å². The summed E-state index contributed by atoms with van der Waals surface area (Å²) >= 11 is 0. The van der Waals surface area contributed by atoms with E-state index in [0.29, 0.717) is 5.92 Å². The number of rotatable bonds is 10. The van der Waals surface area contributed by atoms with Crippen LogP contribution < -0.4 is 0 Å². The van der Waals surface area contributed by atoms with Gasteiger partial charge in [-0.15, -0.1) is 0 Å². The lowest BCUT2D eigenvalue weighted by Gasteiger charge is -2.07. The largest absolute Gasteiger partial charge is 0.303 e. The van der Waals surface area contributed by atoms with Gasteiger partial charge in [0.15, 0.2) is 0 Å². The number of aldehydes is 1. The van der Waals surface area contributed by atoms with E-state index in [0.717, 1.165) is 25.5 Å². The van der Waals surface area contributed by atoms with Gasteiger partial charge in [0.2, 0.25) is 0 Å². The van der Waals surface area contributed by atoms with Crippen molar-refractivity contribution in [3.05, 3.63) is 0 Å². The molecule has 0 aromatic heterocycles. The molecule has 1 atom stereocenters. The highest BCUT2D eigenvalue weighted by molar-refractivity contribution is 5.53. The van der Waals surface area contributed by atoms with Crippen molar-refractivity contribution in [2.24, 2.45) is 5.92 Å². The highest BCUT2D eigenvalue weighted by Crippen LogP contribution is 2.14. The van der Waals surface area contributed by atoms with E-state index in [4.69, 9.17) is 0 Å². The Morgan fingerprint density at radius 1 is 0.857 bits per heavy atom. The van der Waals surface area contributed by atoms with Crippen molar-refractivity contribution in [1.82, 2.24) is 0 Å². The zero-order chi connectivity index (χ0) is 10.6. The topological polar surface area (TPSA) is 17.1 Å². The lowest BCUT2D eigenvalue weighted by atomic mass is 9.97. The quantitative estimate of drug-likeness (QED) is 0.377. The van der Waals surface area contributed by atoms with E-state index in [1.54, 1.807) is 0 Å². The van der Waals surface area contributed by atoms with Gasteiger partial charge in [0.05, 0.1) is 0 Å². The molecule has 14 heavy (non-hydrogen) atoms. The van der Waals surface area contributed by atoms with Gasteiger partial charge >= 0.3 is 0 Å². The first kappa shape index (κ1) is 13.7. The van der Waals surface area contributed by atoms with Crippen LogP contribution in [0.1, 0.15) is 71.6 Å². The Hall–Kier alpha value is -0.330. The molecule has 0 rings (SSSR count). The highest BCUT2D eigenvalue weighted by Gasteiger charge is 2.04. The summed E-state index contributed by atoms with van der Waals surface area (Å²) in [5, 5.41) is 0. The van der Waals surface area contributed by atoms with Crippen LogP contribution in [0.2, 0.25) is 0 Å². The van der Waals surface area contributed by atoms with Crippen molar-refractivity contribution in [2.75, 3.05) is 0 Å². The van der Waals surface area contributed by atoms with Crippen LogP contribution in [-0.4, -0.2) is 6.29 Å². The third-order valence-corrected chi connectivity index (χ3v) is 2.78. The Bertz CT molecular complexity index is 120. The maximum atomic E-state index is 10.7. The van der Waals surface area contributed by atoms with Crippen LogP contribution >= 0.6 is 0 Å². The fraction of sp³-hybridized carbons (Fsp3) is 0.923. The van der Waals surface area contributed by atoms with Gasteiger partial charge in [-0.3, -0.25) is 0 Å². The van der Waals surface area contributed by atoms with Crippen molar-refractivity contribution >= 4 is 6.29 Å². The van der Waals surface area contributed by atoms with Gasteiger partial charge in [-0.25, -0.2) is 0 Å². The molecule has 0 spiro atoms. The smallest absolute Gasteiger partial charge is 0.123 e. The van der Waals surface area contributed by atoms with Gasteiger partial charge in [0.25, 0.3) is 0 Å². The average Bonchev–Trinajstić information content (AvgIpc) is 2.21. The van der Waals surface area contributed by atoms with Crippen LogP contribution in [0.4, 0.5) is 0 Å². The molecule has 84 valence electrons. The minimum absolute atomic E-state index is 0.339. The van der Waals surface area contributed by atoms with Crippen LogP contribution in [0.25, 0.3) is 0 Å². The molecule has 0 amide bonds. The molecule has 0 saturated carbocycles. The molecule has 0 aromatic rings. The van der Waals surface area contributed by atoms with Crippen molar-refractivity contribution < 1.29 is 4.79 Å². The lowest BCUT2D eigenvalue weighted by Crippen LogP contribution is -2.01. The molecule has 0 radical (unpaired) electrons. The number of unbranched alkanes of at least 4 members (excludes halogenated alkanes) is 5. The van der Waals surface area contributed by atoms with E-state index in [1.807, 2.05) is 0 Å². The third-order valence-electron chi connectivity index (χ3n) is 2.78. The second-order valence-electron chi connectivity index (χ2n) is 4.24. The summed E-state index contributed by atoms with van der Waals surface area (Å²) in [6, 6.07) is 0. The maximum Gasteiger partial charge on any atom is 0.123 e. The lowest BCUT2D eigenvalue weighted by molar-refractivity contribution is -0.111. The molecule has 0 aliphatic carbocycles. The molecule has 0 aliphatic heterocycles. The standard InChI is InChI=1S/C13H26O/c1-3-5-6-7-8-9-11-13(12-14)10-4-2/h12-13H,3-11H2,1-2H3. The van der Waals surface area contributed by atoms with Crippen LogP contribution in [-0.2, 0) is 4.79 Å². The second kappa shape index (κ2) is 10.7. The summed E-state index contributed by atoms with van der Waals surface area (Å²) in [6.07, 6.45) is 12.4. The maximum absolute atomic E-state index is 10.7. The molecule has 0 aromatic carbocycles. The van der Waals surface area contributed by atoms with Gasteiger partial charge < -0.3 is 4.79 Å². The van der Waals surface area contributed by atoms with Gasteiger partial charge in [-0.2, -0.15) is 0 Å². The molecule has 0 aliphatic rings. The molecule has 1 unspecified atom stereocenters. The molecule has 0 heterocycles. The van der Waals surface area contributed by atoms with Gasteiger partial charge in [-0.1, -0.05) is 58.8 Å². The number of hydrogen-bond donors (Lipinski definition) is 0. The Morgan fingerprint density at radius 3 is 2.07 bits per heavy atom. The summed E-state index contributed by atoms with van der Waals surface area (Å²) in [5.74, 6) is 0.339. The summed E-state index contributed by atoms with van der Waals surface area (Å²) < 4.78 is 0. The van der Waals surface area contributed by atoms with Gasteiger partial charge in [0, 0.05) is 5.92 Å². The molecule has 1 heteroatoms. The van der Waals surface area contributed by atoms with E-state index in [2.05, 4.69) is 13.8 Å². The molecule has 1 nitrogen and oxygen atoms in total. The Balaban J connectivity index is 3.20. The normalized spacial score (nSPS) is 12.7. The fourth-order valence-electron chi connectivity index (χ4n) is 1.84. The van der Waals surface area contributed by atoms with Crippen molar-refractivity contribution in [1.29, 1.82) is 0 Å². The van der Waals surface area contributed by atoms with Crippen LogP contribution in [0, 0.1) is 5.92 Å². The first-order valence-electron chi connectivity index (χ1n) is 6.30. The predicted molar refractivity (Wildman–Crippen MR) is 62.5 cm³/mol. The van der Waals surface area contributed by atoms with E-state index < -0.39 is 0 Å². The van der Waals surface area contributed by atoms with E-state index >= 15 is 0 Å². The molecular weight excluding hydrogens is 172 g/mol. The molecule has 0 N–H and O–H groups in total. The highest BCUT2D eigenvalue weighted by atomic mass is 16.1. The summed E-state index contributed by atoms with van der Waals surface area (Å²) in [5.41, 5.74) is 0. The van der Waals surface area contributed by atoms with Crippen molar-refractivity contribution in [2.45, 2.75) is 71.6 Å². The van der Waals surface area contributed by atoms with Crippen molar-refractivity contribution in [3.63, 3.8) is 0 Å². The average molecular weight is 198 g/mol. The van der Waals surface area contributed by atoms with Gasteiger partial charge in [0.1, 0.15) is 6.29 Å². The Labute approximate surface area is 89.3 Å². The monoisotopic (exact) mass is 198 g/mol. The summed E-state index contributed by atoms with van der Waals surface area (Å²) in [7, 11) is 0. The zero-order valence-corrected chi connectivity index (χ0v) is 9.93. The summed E-state index contributed by atoms with van der Waals surface area (Å²) in [6.45, 7) is 4.39. The summed E-state index contributed by atoms with van der Waals surface area (Å²) in [4.78, 5) is 10.7. The molecule has 0 fully saturated rings. The number of carbonyl (C=O) groups is 1. The van der Waals surface area contributed by atoms with Crippen molar-refractivity contribution in [3.8, 4) is 0 Å². The number of carbonyl (C=O) groups excluding carboxylic acids is 1. The fourth-order valence-corrected chi connectivity index (χ4v) is 1.84. The van der Waals surface area contributed by atoms with E-state index in [-0.39, 0.29) is 0 Å². The SMILES string of the molecule is CCCCCCCCC(C=O)CCC. The van der Waals surface area contributed by atoms with E-state index in [1.165, 1.54) is 38.5 Å². The third kappa shape index (κ3) is 8.28. The first-order valence-corrected chi connectivity index (χ1v) is 6.30. The van der Waals surface area contributed by atoms with E-state index in [9.17, 15) is 4.79 Å². The van der Waals surface area contributed by atoms with Crippen LogP contribution in [0.5, 0.6) is 0 Å². The minimum atomic E-state index is 0.339. The van der Waals surface area contributed by atoms with Crippen LogP contribution in [0.15, 0.2) is 0 Å². The Kier molecular flexibility index (Phi) is 10.5. The molecular formula is C13H26O. The molecule has 0 saturated heterocycles. The van der Waals surface area contributed by atoms with Gasteiger partial charge in [-0.05, 0) is 12.8 Å². The zero-order valence-electron chi connectivity index (χ0n) is 9.93. The Morgan fingerprint density at radius 2 is 1.50 bits per heavy atom. The molecule has 0 bridgehead atoms. The first-order chi connectivity index (χ1) is 6.85. The second-order valence-corrected chi connectivity index (χ2v) is 4.24.